The maximum absolute atomic E-state index is 11.7. The standard InChI is InChI=1S/C8H14FN3/c1-7-8(10)6-11-12(7)5-3-2-4-9/h6H,2-5,10H2,1H3. The molecule has 68 valence electrons. The van der Waals surface area contributed by atoms with Gasteiger partial charge in [-0.05, 0) is 19.8 Å². The highest BCUT2D eigenvalue weighted by Crippen LogP contribution is 2.09. The molecule has 4 heteroatoms. The van der Waals surface area contributed by atoms with Gasteiger partial charge in [0.2, 0.25) is 0 Å². The van der Waals surface area contributed by atoms with Gasteiger partial charge in [0.25, 0.3) is 0 Å². The monoisotopic (exact) mass is 171 g/mol. The topological polar surface area (TPSA) is 43.8 Å². The van der Waals surface area contributed by atoms with Crippen molar-refractivity contribution in [3.63, 3.8) is 0 Å². The Morgan fingerprint density at radius 3 is 2.83 bits per heavy atom. The number of hydrogen-bond acceptors (Lipinski definition) is 2. The van der Waals surface area contributed by atoms with Gasteiger partial charge in [0.15, 0.2) is 0 Å². The van der Waals surface area contributed by atoms with E-state index in [1.54, 1.807) is 6.20 Å². The van der Waals surface area contributed by atoms with Gasteiger partial charge in [0, 0.05) is 6.54 Å². The number of hydrogen-bond donors (Lipinski definition) is 1. The summed E-state index contributed by atoms with van der Waals surface area (Å²) in [7, 11) is 0. The fraction of sp³-hybridized carbons (Fsp3) is 0.625. The van der Waals surface area contributed by atoms with Crippen LogP contribution in [-0.4, -0.2) is 16.5 Å². The number of rotatable bonds is 4. The van der Waals surface area contributed by atoms with E-state index in [0.717, 1.165) is 18.7 Å². The van der Waals surface area contributed by atoms with E-state index >= 15 is 0 Å². The first-order valence-electron chi connectivity index (χ1n) is 4.09. The Morgan fingerprint density at radius 2 is 2.33 bits per heavy atom. The summed E-state index contributed by atoms with van der Waals surface area (Å²) < 4.78 is 13.6. The maximum Gasteiger partial charge on any atom is 0.0895 e. The van der Waals surface area contributed by atoms with Crippen molar-refractivity contribution in [1.29, 1.82) is 0 Å². The average molecular weight is 171 g/mol. The Bertz CT molecular complexity index is 244. The number of aryl methyl sites for hydroxylation is 1. The summed E-state index contributed by atoms with van der Waals surface area (Å²) in [5.74, 6) is 0. The fourth-order valence-electron chi connectivity index (χ4n) is 1.04. The molecule has 1 rings (SSSR count). The van der Waals surface area contributed by atoms with Crippen LogP contribution in [0.5, 0.6) is 0 Å². The third-order valence-electron chi connectivity index (χ3n) is 1.89. The van der Waals surface area contributed by atoms with Gasteiger partial charge < -0.3 is 5.73 Å². The molecule has 1 aromatic rings. The Hall–Kier alpha value is -1.06. The molecule has 0 aliphatic carbocycles. The lowest BCUT2D eigenvalue weighted by Crippen LogP contribution is -2.03. The number of nitrogens with two attached hydrogens (primary N) is 1. The van der Waals surface area contributed by atoms with Crippen LogP contribution >= 0.6 is 0 Å². The van der Waals surface area contributed by atoms with Gasteiger partial charge in [0.05, 0.1) is 24.3 Å². The van der Waals surface area contributed by atoms with Gasteiger partial charge in [-0.1, -0.05) is 0 Å². The fourth-order valence-corrected chi connectivity index (χ4v) is 1.04. The van der Waals surface area contributed by atoms with Gasteiger partial charge in [-0.3, -0.25) is 9.07 Å². The maximum atomic E-state index is 11.7. The highest BCUT2D eigenvalue weighted by molar-refractivity contribution is 5.39. The molecule has 2 N–H and O–H groups in total. The molecule has 0 spiro atoms. The second-order valence-electron chi connectivity index (χ2n) is 2.80. The molecule has 1 aromatic heterocycles. The SMILES string of the molecule is Cc1c(N)cnn1CCCCF. The second kappa shape index (κ2) is 4.09. The molecule has 0 saturated heterocycles. The van der Waals surface area contributed by atoms with Crippen LogP contribution in [0.15, 0.2) is 6.20 Å². The lowest BCUT2D eigenvalue weighted by Gasteiger charge is -2.02. The molecule has 0 bridgehead atoms. The third-order valence-corrected chi connectivity index (χ3v) is 1.89. The number of nitrogen functional groups attached to an aromatic ring is 1. The molecule has 12 heavy (non-hydrogen) atoms. The number of halogens is 1. The van der Waals surface area contributed by atoms with Crippen LogP contribution in [0.4, 0.5) is 10.1 Å². The van der Waals surface area contributed by atoms with Crippen molar-refractivity contribution in [1.82, 2.24) is 9.78 Å². The summed E-state index contributed by atoms with van der Waals surface area (Å²) in [5.41, 5.74) is 7.26. The molecule has 0 radical (unpaired) electrons. The van der Waals surface area contributed by atoms with Crippen LogP contribution in [0.1, 0.15) is 18.5 Å². The summed E-state index contributed by atoms with van der Waals surface area (Å²) in [6.07, 6.45) is 3.04. The van der Waals surface area contributed by atoms with Crippen molar-refractivity contribution < 1.29 is 4.39 Å². The van der Waals surface area contributed by atoms with Crippen LogP contribution < -0.4 is 5.73 Å². The minimum atomic E-state index is -0.254. The molecule has 1 heterocycles. The summed E-state index contributed by atoms with van der Waals surface area (Å²) in [6.45, 7) is 2.42. The Balaban J connectivity index is 2.46. The van der Waals surface area contributed by atoms with Crippen LogP contribution in [0.3, 0.4) is 0 Å². The van der Waals surface area contributed by atoms with Crippen molar-refractivity contribution in [3.05, 3.63) is 11.9 Å². The number of alkyl halides is 1. The van der Waals surface area contributed by atoms with Crippen molar-refractivity contribution >= 4 is 5.69 Å². The predicted molar refractivity (Wildman–Crippen MR) is 46.6 cm³/mol. The van der Waals surface area contributed by atoms with E-state index in [1.165, 1.54) is 0 Å². The molecule has 0 aromatic carbocycles. The number of anilines is 1. The van der Waals surface area contributed by atoms with Gasteiger partial charge in [0.1, 0.15) is 0 Å². The van der Waals surface area contributed by atoms with Gasteiger partial charge in [-0.2, -0.15) is 5.10 Å². The van der Waals surface area contributed by atoms with Crippen molar-refractivity contribution in [2.75, 3.05) is 12.4 Å². The summed E-state index contributed by atoms with van der Waals surface area (Å²) in [4.78, 5) is 0. The van der Waals surface area contributed by atoms with E-state index in [1.807, 2.05) is 11.6 Å². The van der Waals surface area contributed by atoms with Crippen LogP contribution in [0.2, 0.25) is 0 Å². The molecule has 0 saturated carbocycles. The van der Waals surface area contributed by atoms with Crippen molar-refractivity contribution in [2.45, 2.75) is 26.3 Å². The minimum Gasteiger partial charge on any atom is -0.396 e. The summed E-state index contributed by atoms with van der Waals surface area (Å²) in [6, 6.07) is 0. The number of nitrogens with zero attached hydrogens (tertiary/aromatic N) is 2. The Kier molecular flexibility index (Phi) is 3.08. The van der Waals surface area contributed by atoms with Gasteiger partial charge >= 0.3 is 0 Å². The molecule has 3 nitrogen and oxygen atoms in total. The van der Waals surface area contributed by atoms with Gasteiger partial charge in [-0.15, -0.1) is 0 Å². The second-order valence-corrected chi connectivity index (χ2v) is 2.80. The first kappa shape index (κ1) is 9.03. The molecule has 0 aliphatic heterocycles. The van der Waals surface area contributed by atoms with Crippen LogP contribution in [0.25, 0.3) is 0 Å². The van der Waals surface area contributed by atoms with Gasteiger partial charge in [-0.25, -0.2) is 0 Å². The average Bonchev–Trinajstić information content (AvgIpc) is 2.36. The summed E-state index contributed by atoms with van der Waals surface area (Å²) in [5, 5.41) is 4.06. The minimum absolute atomic E-state index is 0.254. The lowest BCUT2D eigenvalue weighted by molar-refractivity contribution is 0.437. The largest absolute Gasteiger partial charge is 0.396 e. The molecular formula is C8H14FN3. The van der Waals surface area contributed by atoms with Crippen molar-refractivity contribution in [2.24, 2.45) is 0 Å². The van der Waals surface area contributed by atoms with E-state index in [4.69, 9.17) is 5.73 Å². The van der Waals surface area contributed by atoms with E-state index in [-0.39, 0.29) is 6.67 Å². The highest BCUT2D eigenvalue weighted by atomic mass is 19.1. The molecule has 0 unspecified atom stereocenters. The Labute approximate surface area is 71.4 Å². The van der Waals surface area contributed by atoms with Crippen LogP contribution in [-0.2, 0) is 6.54 Å². The first-order chi connectivity index (χ1) is 5.75. The molecule has 0 amide bonds. The number of unbranched alkanes of at least 4 members (excludes halogenated alkanes) is 1. The zero-order valence-electron chi connectivity index (χ0n) is 7.26. The van der Waals surface area contributed by atoms with Crippen LogP contribution in [0, 0.1) is 6.92 Å². The third kappa shape index (κ3) is 1.96. The zero-order chi connectivity index (χ0) is 8.97. The normalized spacial score (nSPS) is 10.5. The van der Waals surface area contributed by atoms with E-state index in [2.05, 4.69) is 5.10 Å². The number of aromatic nitrogens is 2. The summed E-state index contributed by atoms with van der Waals surface area (Å²) >= 11 is 0. The first-order valence-corrected chi connectivity index (χ1v) is 4.09. The Morgan fingerprint density at radius 1 is 1.58 bits per heavy atom. The molecular weight excluding hydrogens is 157 g/mol. The quantitative estimate of drug-likeness (QED) is 0.698. The van der Waals surface area contributed by atoms with E-state index in [0.29, 0.717) is 12.1 Å². The van der Waals surface area contributed by atoms with E-state index < -0.39 is 0 Å². The predicted octanol–water partition coefficient (Wildman–Crippen LogP) is 1.52. The smallest absolute Gasteiger partial charge is 0.0895 e. The lowest BCUT2D eigenvalue weighted by atomic mass is 10.3. The van der Waals surface area contributed by atoms with E-state index in [9.17, 15) is 4.39 Å². The highest BCUT2D eigenvalue weighted by Gasteiger charge is 2.01. The zero-order valence-corrected chi connectivity index (χ0v) is 7.26. The molecule has 0 aliphatic rings. The molecule has 0 fully saturated rings. The van der Waals surface area contributed by atoms with Crippen molar-refractivity contribution in [3.8, 4) is 0 Å². The molecule has 0 atom stereocenters.